The summed E-state index contributed by atoms with van der Waals surface area (Å²) in [7, 11) is -3.36. The van der Waals surface area contributed by atoms with Gasteiger partial charge in [0, 0.05) is 23.8 Å². The van der Waals surface area contributed by atoms with Crippen LogP contribution >= 0.6 is 22.9 Å². The molecular formula is C11H16ClNO3S2. The number of thiophene rings is 1. The van der Waals surface area contributed by atoms with Crippen molar-refractivity contribution in [2.75, 3.05) is 25.6 Å². The molecule has 2 rings (SSSR count). The molecule has 1 aliphatic heterocycles. The summed E-state index contributed by atoms with van der Waals surface area (Å²) in [6, 6.07) is 3.51. The van der Waals surface area contributed by atoms with Gasteiger partial charge in [0.1, 0.15) is 4.21 Å². The third kappa shape index (κ3) is 3.05. The largest absolute Gasteiger partial charge is 0.376 e. The van der Waals surface area contributed by atoms with Crippen molar-refractivity contribution in [2.45, 2.75) is 23.7 Å². The minimum absolute atomic E-state index is 0.0456. The van der Waals surface area contributed by atoms with Crippen molar-refractivity contribution in [1.82, 2.24) is 4.31 Å². The third-order valence-electron chi connectivity index (χ3n) is 2.78. The van der Waals surface area contributed by atoms with E-state index >= 15 is 0 Å². The second-order valence-electron chi connectivity index (χ2n) is 4.20. The fourth-order valence-corrected chi connectivity index (χ4v) is 5.18. The maximum Gasteiger partial charge on any atom is 0.252 e. The smallest absolute Gasteiger partial charge is 0.252 e. The molecule has 0 bridgehead atoms. The van der Waals surface area contributed by atoms with Crippen LogP contribution in [0.25, 0.3) is 0 Å². The summed E-state index contributed by atoms with van der Waals surface area (Å²) in [5.41, 5.74) is 0. The number of sulfonamides is 1. The molecule has 0 spiro atoms. The van der Waals surface area contributed by atoms with Crippen LogP contribution in [-0.2, 0) is 21.2 Å². The van der Waals surface area contributed by atoms with Crippen LogP contribution in [0.2, 0.25) is 0 Å². The Balaban J connectivity index is 2.18. The van der Waals surface area contributed by atoms with Crippen molar-refractivity contribution in [2.24, 2.45) is 0 Å². The first-order chi connectivity index (χ1) is 8.54. The molecule has 102 valence electrons. The van der Waals surface area contributed by atoms with Gasteiger partial charge in [-0.15, -0.1) is 22.9 Å². The molecule has 1 saturated heterocycles. The lowest BCUT2D eigenvalue weighted by atomic mass is 10.3. The Labute approximate surface area is 117 Å². The minimum atomic E-state index is -3.36. The van der Waals surface area contributed by atoms with E-state index in [0.717, 1.165) is 4.88 Å². The number of hydrogen-bond acceptors (Lipinski definition) is 4. The Hall–Kier alpha value is -0.140. The Morgan fingerprint density at radius 2 is 2.33 bits per heavy atom. The summed E-state index contributed by atoms with van der Waals surface area (Å²) in [5, 5.41) is 0. The van der Waals surface area contributed by atoms with Gasteiger partial charge in [-0.1, -0.05) is 0 Å². The van der Waals surface area contributed by atoms with E-state index in [1.807, 2.05) is 13.0 Å². The van der Waals surface area contributed by atoms with Gasteiger partial charge in [-0.25, -0.2) is 8.42 Å². The first kappa shape index (κ1) is 14.3. The summed E-state index contributed by atoms with van der Waals surface area (Å²) in [6.45, 7) is 3.19. The Bertz CT molecular complexity index is 500. The van der Waals surface area contributed by atoms with E-state index in [1.54, 1.807) is 6.07 Å². The topological polar surface area (TPSA) is 46.6 Å². The van der Waals surface area contributed by atoms with E-state index in [4.69, 9.17) is 16.3 Å². The molecule has 1 atom stereocenters. The normalized spacial score (nSPS) is 22.2. The van der Waals surface area contributed by atoms with Gasteiger partial charge in [-0.2, -0.15) is 4.31 Å². The van der Waals surface area contributed by atoms with Gasteiger partial charge < -0.3 is 4.74 Å². The molecular weight excluding hydrogens is 294 g/mol. The number of morpholine rings is 1. The van der Waals surface area contributed by atoms with Crippen molar-refractivity contribution in [3.8, 4) is 0 Å². The summed E-state index contributed by atoms with van der Waals surface area (Å²) in [6.07, 6.45) is 0.664. The van der Waals surface area contributed by atoms with Gasteiger partial charge in [0.2, 0.25) is 0 Å². The number of alkyl halides is 1. The van der Waals surface area contributed by atoms with E-state index in [1.165, 1.54) is 15.6 Å². The summed E-state index contributed by atoms with van der Waals surface area (Å²) < 4.78 is 32.1. The molecule has 1 aromatic rings. The van der Waals surface area contributed by atoms with Crippen LogP contribution in [0.4, 0.5) is 0 Å². The number of rotatable bonds is 4. The molecule has 1 fully saturated rings. The highest BCUT2D eigenvalue weighted by molar-refractivity contribution is 7.91. The lowest BCUT2D eigenvalue weighted by Crippen LogP contribution is -2.44. The standard InChI is InChI=1S/C11H16ClNO3S2/c1-9-8-13(6-7-16-9)18(14,15)11-3-2-10(17-11)4-5-12/h2-3,9H,4-8H2,1H3. The van der Waals surface area contributed by atoms with Gasteiger partial charge in [-0.3, -0.25) is 0 Å². The molecule has 0 saturated carbocycles. The number of hydrogen-bond donors (Lipinski definition) is 0. The van der Waals surface area contributed by atoms with E-state index in [0.29, 0.717) is 36.2 Å². The van der Waals surface area contributed by atoms with Crippen molar-refractivity contribution in [3.63, 3.8) is 0 Å². The molecule has 1 aliphatic rings. The molecule has 1 unspecified atom stereocenters. The lowest BCUT2D eigenvalue weighted by Gasteiger charge is -2.29. The predicted octanol–water partition coefficient (Wildman–Crippen LogP) is 1.94. The van der Waals surface area contributed by atoms with Crippen LogP contribution in [0, 0.1) is 0 Å². The van der Waals surface area contributed by atoms with E-state index < -0.39 is 10.0 Å². The zero-order valence-corrected chi connectivity index (χ0v) is 12.5. The summed E-state index contributed by atoms with van der Waals surface area (Å²) in [5.74, 6) is 0.509. The average molecular weight is 310 g/mol. The van der Waals surface area contributed by atoms with Gasteiger partial charge in [-0.05, 0) is 25.5 Å². The number of aryl methyl sites for hydroxylation is 1. The van der Waals surface area contributed by atoms with Crippen molar-refractivity contribution < 1.29 is 13.2 Å². The van der Waals surface area contributed by atoms with Gasteiger partial charge in [0.05, 0.1) is 12.7 Å². The van der Waals surface area contributed by atoms with E-state index in [2.05, 4.69) is 0 Å². The van der Waals surface area contributed by atoms with Crippen molar-refractivity contribution in [3.05, 3.63) is 17.0 Å². The van der Waals surface area contributed by atoms with Crippen LogP contribution in [0.5, 0.6) is 0 Å². The Morgan fingerprint density at radius 3 is 3.00 bits per heavy atom. The van der Waals surface area contributed by atoms with Gasteiger partial charge in [0.25, 0.3) is 10.0 Å². The highest BCUT2D eigenvalue weighted by atomic mass is 35.5. The monoisotopic (exact) mass is 309 g/mol. The molecule has 0 radical (unpaired) electrons. The fourth-order valence-electron chi connectivity index (χ4n) is 1.86. The molecule has 0 amide bonds. The van der Waals surface area contributed by atoms with Crippen LogP contribution in [-0.4, -0.2) is 44.4 Å². The summed E-state index contributed by atoms with van der Waals surface area (Å²) in [4.78, 5) is 1.00. The van der Waals surface area contributed by atoms with E-state index in [-0.39, 0.29) is 6.10 Å². The number of ether oxygens (including phenoxy) is 1. The van der Waals surface area contributed by atoms with Crippen LogP contribution in [0.15, 0.2) is 16.3 Å². The third-order valence-corrected chi connectivity index (χ3v) is 6.44. The van der Waals surface area contributed by atoms with E-state index in [9.17, 15) is 8.42 Å². The average Bonchev–Trinajstić information content (AvgIpc) is 2.79. The quantitative estimate of drug-likeness (QED) is 0.799. The van der Waals surface area contributed by atoms with Crippen molar-refractivity contribution in [1.29, 1.82) is 0 Å². The Kier molecular flexibility index (Phi) is 4.66. The maximum absolute atomic E-state index is 12.4. The molecule has 0 aromatic carbocycles. The molecule has 1 aromatic heterocycles. The highest BCUT2D eigenvalue weighted by Gasteiger charge is 2.30. The first-order valence-electron chi connectivity index (χ1n) is 5.80. The second-order valence-corrected chi connectivity index (χ2v) is 7.92. The fraction of sp³-hybridized carbons (Fsp3) is 0.636. The predicted molar refractivity (Wildman–Crippen MR) is 72.9 cm³/mol. The van der Waals surface area contributed by atoms with Crippen LogP contribution in [0.3, 0.4) is 0 Å². The van der Waals surface area contributed by atoms with Gasteiger partial charge >= 0.3 is 0 Å². The zero-order chi connectivity index (χ0) is 13.2. The number of nitrogens with zero attached hydrogens (tertiary/aromatic N) is 1. The SMILES string of the molecule is CC1CN(S(=O)(=O)c2ccc(CCCl)s2)CCO1. The lowest BCUT2D eigenvalue weighted by molar-refractivity contribution is 0.0102. The molecule has 18 heavy (non-hydrogen) atoms. The second kappa shape index (κ2) is 5.88. The van der Waals surface area contributed by atoms with Crippen molar-refractivity contribution >= 4 is 33.0 Å². The highest BCUT2D eigenvalue weighted by Crippen LogP contribution is 2.26. The molecule has 4 nitrogen and oxygen atoms in total. The van der Waals surface area contributed by atoms with Gasteiger partial charge in [0.15, 0.2) is 0 Å². The number of halogens is 1. The first-order valence-corrected chi connectivity index (χ1v) is 8.59. The maximum atomic E-state index is 12.4. The van der Waals surface area contributed by atoms with Crippen LogP contribution < -0.4 is 0 Å². The minimum Gasteiger partial charge on any atom is -0.376 e. The summed E-state index contributed by atoms with van der Waals surface area (Å²) >= 11 is 6.96. The van der Waals surface area contributed by atoms with Crippen LogP contribution in [0.1, 0.15) is 11.8 Å². The molecule has 7 heteroatoms. The zero-order valence-electron chi connectivity index (χ0n) is 10.1. The molecule has 2 heterocycles. The molecule has 0 N–H and O–H groups in total. The Morgan fingerprint density at radius 1 is 1.56 bits per heavy atom. The molecule has 0 aliphatic carbocycles.